The summed E-state index contributed by atoms with van der Waals surface area (Å²) in [6, 6.07) is 4.14. The number of sulfonamides is 1. The Hall–Kier alpha value is -2.02. The molecule has 0 aromatic heterocycles. The van der Waals surface area contributed by atoms with Crippen molar-refractivity contribution >= 4 is 21.6 Å². The summed E-state index contributed by atoms with van der Waals surface area (Å²) in [6.45, 7) is 1.17. The molecule has 7 heteroatoms. The highest BCUT2D eigenvalue weighted by Crippen LogP contribution is 2.31. The van der Waals surface area contributed by atoms with Crippen molar-refractivity contribution in [3.05, 3.63) is 29.5 Å². The fourth-order valence-electron chi connectivity index (χ4n) is 1.67. The number of Topliss-reactive ketones (excluding diaryl/α,β-unsaturated/α-hetero) is 1. The Balaban J connectivity index is 2.78. The Morgan fingerprint density at radius 3 is 2.61 bits per heavy atom. The van der Waals surface area contributed by atoms with Gasteiger partial charge in [0.1, 0.15) is 11.4 Å². The zero-order valence-corrected chi connectivity index (χ0v) is 10.5. The highest BCUT2D eigenvalue weighted by molar-refractivity contribution is 7.89. The van der Waals surface area contributed by atoms with E-state index in [9.17, 15) is 18.3 Å². The normalized spacial score (nSPS) is 16.8. The van der Waals surface area contributed by atoms with Crippen molar-refractivity contribution in [2.24, 2.45) is 0 Å². The van der Waals surface area contributed by atoms with Gasteiger partial charge in [-0.2, -0.15) is 0 Å². The fourth-order valence-corrected chi connectivity index (χ4v) is 2.98. The molecule has 18 heavy (non-hydrogen) atoms. The Morgan fingerprint density at radius 2 is 2.06 bits per heavy atom. The van der Waals surface area contributed by atoms with E-state index in [1.807, 2.05) is 4.72 Å². The monoisotopic (exact) mass is 269 g/mol. The van der Waals surface area contributed by atoms with Crippen molar-refractivity contribution in [3.8, 4) is 5.75 Å². The predicted molar refractivity (Wildman–Crippen MR) is 63.5 cm³/mol. The molecule has 1 aromatic rings. The number of ether oxygens (including phenoxy) is 1. The van der Waals surface area contributed by atoms with E-state index >= 15 is 0 Å². The lowest BCUT2D eigenvalue weighted by atomic mass is 10.1. The number of allylic oxidation sites excluding steroid dienone is 1. The summed E-state index contributed by atoms with van der Waals surface area (Å²) in [4.78, 5) is 11.2. The molecule has 0 saturated heterocycles. The predicted octanol–water partition coefficient (Wildman–Crippen LogP) is 0.803. The van der Waals surface area contributed by atoms with Crippen LogP contribution in [0.25, 0.3) is 5.76 Å². The van der Waals surface area contributed by atoms with Crippen LogP contribution in [0.2, 0.25) is 0 Å². The number of carbonyl (C=O) groups is 1. The zero-order chi connectivity index (χ0) is 13.5. The number of aliphatic hydroxyl groups is 1. The summed E-state index contributed by atoms with van der Waals surface area (Å²) in [7, 11) is -2.42. The first kappa shape index (κ1) is 12.4. The number of fused-ring (bicyclic) bond motifs is 1. The second-order valence-electron chi connectivity index (χ2n) is 3.75. The van der Waals surface area contributed by atoms with Gasteiger partial charge in [-0.3, -0.25) is 9.52 Å². The minimum atomic E-state index is -3.84. The van der Waals surface area contributed by atoms with E-state index in [1.54, 1.807) is 0 Å². The number of ketones is 1. The van der Waals surface area contributed by atoms with Crippen LogP contribution in [0.5, 0.6) is 5.75 Å². The summed E-state index contributed by atoms with van der Waals surface area (Å²) in [5, 5.41) is 9.92. The number of benzene rings is 1. The number of hydrogen-bond donors (Lipinski definition) is 2. The number of carbonyl (C=O) groups excluding carboxylic acids is 1. The average Bonchev–Trinajstić information content (AvgIpc) is 2.33. The lowest BCUT2D eigenvalue weighted by Crippen LogP contribution is -2.32. The molecule has 6 nitrogen and oxygen atoms in total. The van der Waals surface area contributed by atoms with Gasteiger partial charge in [0.25, 0.3) is 10.0 Å². The highest BCUT2D eigenvalue weighted by Gasteiger charge is 2.31. The van der Waals surface area contributed by atoms with Crippen LogP contribution < -0.4 is 9.46 Å². The average molecular weight is 269 g/mol. The van der Waals surface area contributed by atoms with E-state index < -0.39 is 21.6 Å². The zero-order valence-electron chi connectivity index (χ0n) is 9.72. The van der Waals surface area contributed by atoms with Gasteiger partial charge in [-0.05, 0) is 18.2 Å². The largest absolute Gasteiger partial charge is 0.505 e. The molecule has 0 unspecified atom stereocenters. The number of rotatable bonds is 2. The summed E-state index contributed by atoms with van der Waals surface area (Å²) >= 11 is 0. The molecule has 1 heterocycles. The molecule has 0 saturated carbocycles. The first-order chi connectivity index (χ1) is 8.36. The number of aliphatic hydroxyl groups excluding tert-OH is 1. The van der Waals surface area contributed by atoms with Crippen molar-refractivity contribution in [1.82, 2.24) is 4.72 Å². The standard InChI is InChI=1S/C11H11NO5S/c1-6(13)10-11(14)8-5-7(17-2)3-4-9(8)18(15,16)12-10/h3-5,12,14H,1-2H3. The molecule has 1 aliphatic heterocycles. The molecule has 0 radical (unpaired) electrons. The SMILES string of the molecule is COc1ccc2c(c1)C(O)=C(C(C)=O)NS2(=O)=O. The van der Waals surface area contributed by atoms with Gasteiger partial charge in [0.15, 0.2) is 11.5 Å². The van der Waals surface area contributed by atoms with Crippen LogP contribution in [0, 0.1) is 0 Å². The Kier molecular flexibility index (Phi) is 2.78. The van der Waals surface area contributed by atoms with E-state index in [1.165, 1.54) is 32.2 Å². The van der Waals surface area contributed by atoms with Crippen molar-refractivity contribution in [2.45, 2.75) is 11.8 Å². The molecule has 0 amide bonds. The number of hydrogen-bond acceptors (Lipinski definition) is 5. The lowest BCUT2D eigenvalue weighted by Gasteiger charge is -2.20. The van der Waals surface area contributed by atoms with Crippen LogP contribution in [0.4, 0.5) is 0 Å². The molecular formula is C11H11NO5S. The minimum absolute atomic E-state index is 0.0540. The van der Waals surface area contributed by atoms with Gasteiger partial charge in [0.05, 0.1) is 12.0 Å². The highest BCUT2D eigenvalue weighted by atomic mass is 32.2. The summed E-state index contributed by atoms with van der Waals surface area (Å²) in [6.07, 6.45) is 0. The number of nitrogens with one attached hydrogen (secondary N) is 1. The maximum atomic E-state index is 11.9. The minimum Gasteiger partial charge on any atom is -0.505 e. The molecule has 0 atom stereocenters. The summed E-state index contributed by atoms with van der Waals surface area (Å²) < 4.78 is 30.8. The van der Waals surface area contributed by atoms with E-state index in [-0.39, 0.29) is 16.2 Å². The second-order valence-corrected chi connectivity index (χ2v) is 5.40. The van der Waals surface area contributed by atoms with E-state index in [0.717, 1.165) is 0 Å². The molecule has 0 spiro atoms. The molecule has 1 aromatic carbocycles. The second kappa shape index (κ2) is 4.02. The van der Waals surface area contributed by atoms with E-state index in [2.05, 4.69) is 0 Å². The molecular weight excluding hydrogens is 258 g/mol. The van der Waals surface area contributed by atoms with Crippen molar-refractivity contribution in [1.29, 1.82) is 0 Å². The third-order valence-electron chi connectivity index (χ3n) is 2.56. The van der Waals surface area contributed by atoms with Crippen LogP contribution in [0.3, 0.4) is 0 Å². The molecule has 0 fully saturated rings. The Bertz CT molecular complexity index is 660. The van der Waals surface area contributed by atoms with Gasteiger partial charge in [-0.15, -0.1) is 0 Å². The number of methoxy groups -OCH3 is 1. The van der Waals surface area contributed by atoms with E-state index in [0.29, 0.717) is 5.75 Å². The van der Waals surface area contributed by atoms with Crippen LogP contribution in [-0.4, -0.2) is 26.4 Å². The molecule has 2 rings (SSSR count). The quantitative estimate of drug-likeness (QED) is 0.828. The molecule has 96 valence electrons. The van der Waals surface area contributed by atoms with Gasteiger partial charge < -0.3 is 9.84 Å². The first-order valence-electron chi connectivity index (χ1n) is 5.02. The topological polar surface area (TPSA) is 92.7 Å². The Morgan fingerprint density at radius 1 is 1.39 bits per heavy atom. The van der Waals surface area contributed by atoms with Gasteiger partial charge in [-0.1, -0.05) is 0 Å². The lowest BCUT2D eigenvalue weighted by molar-refractivity contribution is -0.113. The molecule has 1 aliphatic rings. The van der Waals surface area contributed by atoms with E-state index in [4.69, 9.17) is 4.74 Å². The van der Waals surface area contributed by atoms with Crippen molar-refractivity contribution in [2.75, 3.05) is 7.11 Å². The van der Waals surface area contributed by atoms with Crippen molar-refractivity contribution < 1.29 is 23.1 Å². The van der Waals surface area contributed by atoms with Crippen LogP contribution in [-0.2, 0) is 14.8 Å². The van der Waals surface area contributed by atoms with Gasteiger partial charge in [0, 0.05) is 12.5 Å². The maximum Gasteiger partial charge on any atom is 0.262 e. The summed E-state index contributed by atoms with van der Waals surface area (Å²) in [5.41, 5.74) is -0.283. The summed E-state index contributed by atoms with van der Waals surface area (Å²) in [5.74, 6) is -0.573. The van der Waals surface area contributed by atoms with Gasteiger partial charge in [0.2, 0.25) is 0 Å². The maximum absolute atomic E-state index is 11.9. The van der Waals surface area contributed by atoms with Crippen molar-refractivity contribution in [3.63, 3.8) is 0 Å². The third-order valence-corrected chi connectivity index (χ3v) is 3.96. The van der Waals surface area contributed by atoms with Crippen LogP contribution >= 0.6 is 0 Å². The van der Waals surface area contributed by atoms with Crippen LogP contribution in [0.15, 0.2) is 28.8 Å². The van der Waals surface area contributed by atoms with Gasteiger partial charge in [-0.25, -0.2) is 8.42 Å². The fraction of sp³-hybridized carbons (Fsp3) is 0.182. The first-order valence-corrected chi connectivity index (χ1v) is 6.50. The van der Waals surface area contributed by atoms with Crippen LogP contribution in [0.1, 0.15) is 12.5 Å². The van der Waals surface area contributed by atoms with Gasteiger partial charge >= 0.3 is 0 Å². The molecule has 2 N–H and O–H groups in total. The smallest absolute Gasteiger partial charge is 0.262 e. The third kappa shape index (κ3) is 1.82. The Labute approximate surface area is 104 Å². The molecule has 0 bridgehead atoms. The molecule has 0 aliphatic carbocycles.